The van der Waals surface area contributed by atoms with E-state index in [1.165, 1.54) is 0 Å². The molecule has 0 bridgehead atoms. The Labute approximate surface area is 79.0 Å². The molecule has 0 saturated heterocycles. The number of hydrogen-bond donors (Lipinski definition) is 2. The molecule has 0 fully saturated rings. The van der Waals surface area contributed by atoms with Gasteiger partial charge in [-0.2, -0.15) is 0 Å². The molecule has 0 aliphatic heterocycles. The predicted molar refractivity (Wildman–Crippen MR) is 52.6 cm³/mol. The first kappa shape index (κ1) is 10.5. The van der Waals surface area contributed by atoms with Crippen LogP contribution in [0.4, 0.5) is 0 Å². The second-order valence-electron chi connectivity index (χ2n) is 3.05. The minimum atomic E-state index is -2.32. The van der Waals surface area contributed by atoms with Crippen molar-refractivity contribution in [1.82, 2.24) is 0 Å². The number of aryl methyl sites for hydroxylation is 2. The Bertz CT molecular complexity index is 310. The molecule has 13 heavy (non-hydrogen) atoms. The molecule has 0 saturated carbocycles. The molecule has 0 unspecified atom stereocenters. The van der Waals surface area contributed by atoms with Gasteiger partial charge in [-0.15, -0.1) is 0 Å². The molecule has 0 atom stereocenters. The quantitative estimate of drug-likeness (QED) is 0.719. The first-order valence-corrected chi connectivity index (χ1v) is 5.11. The lowest BCUT2D eigenvalue weighted by Gasteiger charge is -2.11. The summed E-state index contributed by atoms with van der Waals surface area (Å²) in [4.78, 5) is 17.4. The highest BCUT2D eigenvalue weighted by atomic mass is 31.2. The van der Waals surface area contributed by atoms with E-state index in [0.717, 1.165) is 16.7 Å². The maximum atomic E-state index is 8.71. The molecule has 0 aliphatic carbocycles. The van der Waals surface area contributed by atoms with E-state index in [4.69, 9.17) is 14.3 Å². The zero-order chi connectivity index (χ0) is 10.0. The van der Waals surface area contributed by atoms with Crippen LogP contribution in [0.15, 0.2) is 12.1 Å². The number of hydrogen-bond acceptors (Lipinski definition) is 3. The van der Waals surface area contributed by atoms with E-state index >= 15 is 0 Å². The fourth-order valence-corrected chi connectivity index (χ4v) is 1.55. The minimum absolute atomic E-state index is 0.550. The van der Waals surface area contributed by atoms with Gasteiger partial charge in [-0.3, -0.25) is 0 Å². The third-order valence-electron chi connectivity index (χ3n) is 1.94. The molecule has 2 N–H and O–H groups in total. The van der Waals surface area contributed by atoms with Crippen molar-refractivity contribution in [2.45, 2.75) is 20.8 Å². The third-order valence-corrected chi connectivity index (χ3v) is 2.30. The third kappa shape index (κ3) is 2.66. The molecule has 0 aromatic heterocycles. The predicted octanol–water partition coefficient (Wildman–Crippen LogP) is 2.20. The van der Waals surface area contributed by atoms with Gasteiger partial charge in [0.1, 0.15) is 5.75 Å². The van der Waals surface area contributed by atoms with E-state index in [1.807, 2.05) is 26.8 Å². The van der Waals surface area contributed by atoms with Gasteiger partial charge in [0, 0.05) is 0 Å². The smallest absolute Gasteiger partial charge is 0.391 e. The van der Waals surface area contributed by atoms with E-state index in [1.54, 1.807) is 6.07 Å². The maximum absolute atomic E-state index is 8.71. The Kier molecular flexibility index (Phi) is 3.26. The van der Waals surface area contributed by atoms with Crippen LogP contribution in [0, 0.1) is 20.8 Å². The highest BCUT2D eigenvalue weighted by Gasteiger charge is 2.08. The van der Waals surface area contributed by atoms with Crippen LogP contribution in [0.3, 0.4) is 0 Å². The summed E-state index contributed by atoms with van der Waals surface area (Å²) < 4.78 is 4.88. The minimum Gasteiger partial charge on any atom is -0.427 e. The van der Waals surface area contributed by atoms with E-state index in [9.17, 15) is 0 Å². The average Bonchev–Trinajstić information content (AvgIpc) is 1.98. The Morgan fingerprint density at radius 3 is 2.31 bits per heavy atom. The summed E-state index contributed by atoms with van der Waals surface area (Å²) in [6.45, 7) is 5.80. The van der Waals surface area contributed by atoms with E-state index < -0.39 is 8.60 Å². The molecule has 0 aliphatic rings. The molecule has 1 aromatic carbocycles. The van der Waals surface area contributed by atoms with Crippen molar-refractivity contribution in [2.75, 3.05) is 0 Å². The van der Waals surface area contributed by atoms with Crippen LogP contribution in [0.2, 0.25) is 0 Å². The van der Waals surface area contributed by atoms with Crippen LogP contribution >= 0.6 is 8.60 Å². The van der Waals surface area contributed by atoms with Gasteiger partial charge in [-0.1, -0.05) is 6.07 Å². The highest BCUT2D eigenvalue weighted by Crippen LogP contribution is 2.33. The first-order chi connectivity index (χ1) is 6.00. The number of benzene rings is 1. The average molecular weight is 200 g/mol. The van der Waals surface area contributed by atoms with Gasteiger partial charge in [0.25, 0.3) is 0 Å². The Balaban J connectivity index is 3.05. The Morgan fingerprint density at radius 1 is 1.15 bits per heavy atom. The second-order valence-corrected chi connectivity index (χ2v) is 3.74. The highest BCUT2D eigenvalue weighted by molar-refractivity contribution is 7.39. The summed E-state index contributed by atoms with van der Waals surface area (Å²) in [5.41, 5.74) is 3.09. The van der Waals surface area contributed by atoms with Crippen molar-refractivity contribution in [2.24, 2.45) is 0 Å². The molecular formula is C9H13O3P. The summed E-state index contributed by atoms with van der Waals surface area (Å²) in [5, 5.41) is 0. The molecule has 4 heteroatoms. The van der Waals surface area contributed by atoms with Crippen molar-refractivity contribution in [3.8, 4) is 5.75 Å². The zero-order valence-electron chi connectivity index (χ0n) is 7.90. The van der Waals surface area contributed by atoms with Gasteiger partial charge in [-0.25, -0.2) is 0 Å². The lowest BCUT2D eigenvalue weighted by atomic mass is 10.1. The summed E-state index contributed by atoms with van der Waals surface area (Å²) in [6, 6.07) is 3.82. The van der Waals surface area contributed by atoms with Crippen LogP contribution < -0.4 is 4.52 Å². The van der Waals surface area contributed by atoms with Crippen LogP contribution in [0.5, 0.6) is 5.75 Å². The molecule has 3 nitrogen and oxygen atoms in total. The standard InChI is InChI=1S/C9H13O3P/c1-6-4-7(2)8(3)9(5-6)12-13(10)11/h4-5,10-11H,1-3H3. The van der Waals surface area contributed by atoms with Crippen molar-refractivity contribution >= 4 is 8.60 Å². The molecule has 0 amide bonds. The second kappa shape index (κ2) is 4.05. The Hall–Kier alpha value is -0.630. The first-order valence-electron chi connectivity index (χ1n) is 3.94. The summed E-state index contributed by atoms with van der Waals surface area (Å²) in [5.74, 6) is 0.550. The summed E-state index contributed by atoms with van der Waals surface area (Å²) >= 11 is 0. The number of rotatable bonds is 2. The fourth-order valence-electron chi connectivity index (χ4n) is 1.18. The van der Waals surface area contributed by atoms with Crippen LogP contribution in [0.1, 0.15) is 16.7 Å². The maximum Gasteiger partial charge on any atom is 0.391 e. The summed E-state index contributed by atoms with van der Waals surface area (Å²) in [7, 11) is -2.32. The molecule has 0 spiro atoms. The van der Waals surface area contributed by atoms with Crippen molar-refractivity contribution in [3.05, 3.63) is 28.8 Å². The largest absolute Gasteiger partial charge is 0.427 e. The molecule has 0 heterocycles. The lowest BCUT2D eigenvalue weighted by molar-refractivity contribution is 0.374. The monoisotopic (exact) mass is 200 g/mol. The van der Waals surface area contributed by atoms with Gasteiger partial charge in [0.2, 0.25) is 0 Å². The van der Waals surface area contributed by atoms with E-state index in [0.29, 0.717) is 5.75 Å². The van der Waals surface area contributed by atoms with Crippen LogP contribution in [0.25, 0.3) is 0 Å². The molecular weight excluding hydrogens is 187 g/mol. The van der Waals surface area contributed by atoms with Crippen molar-refractivity contribution in [3.63, 3.8) is 0 Å². The fraction of sp³-hybridized carbons (Fsp3) is 0.333. The molecule has 72 valence electrons. The zero-order valence-corrected chi connectivity index (χ0v) is 8.80. The Morgan fingerprint density at radius 2 is 1.77 bits per heavy atom. The van der Waals surface area contributed by atoms with Gasteiger partial charge in [0.15, 0.2) is 0 Å². The van der Waals surface area contributed by atoms with Gasteiger partial charge >= 0.3 is 8.60 Å². The lowest BCUT2D eigenvalue weighted by Crippen LogP contribution is -1.92. The normalized spacial score (nSPS) is 10.6. The van der Waals surface area contributed by atoms with E-state index in [2.05, 4.69) is 0 Å². The SMILES string of the molecule is Cc1cc(C)c(C)c(OP(O)O)c1. The molecule has 1 rings (SSSR count). The van der Waals surface area contributed by atoms with Gasteiger partial charge in [0.05, 0.1) is 0 Å². The summed E-state index contributed by atoms with van der Waals surface area (Å²) in [6.07, 6.45) is 0. The topological polar surface area (TPSA) is 49.7 Å². The van der Waals surface area contributed by atoms with E-state index in [-0.39, 0.29) is 0 Å². The van der Waals surface area contributed by atoms with Crippen molar-refractivity contribution < 1.29 is 14.3 Å². The van der Waals surface area contributed by atoms with Gasteiger partial charge in [-0.05, 0) is 43.5 Å². The van der Waals surface area contributed by atoms with Gasteiger partial charge < -0.3 is 14.3 Å². The van der Waals surface area contributed by atoms with Crippen molar-refractivity contribution in [1.29, 1.82) is 0 Å². The molecule has 1 aromatic rings. The molecule has 0 radical (unpaired) electrons. The van der Waals surface area contributed by atoms with Crippen LogP contribution in [-0.4, -0.2) is 9.79 Å². The van der Waals surface area contributed by atoms with Crippen LogP contribution in [-0.2, 0) is 0 Å².